The maximum atomic E-state index is 11.9. The summed E-state index contributed by atoms with van der Waals surface area (Å²) in [6.07, 6.45) is 2.40. The van der Waals surface area contributed by atoms with Crippen LogP contribution in [0.15, 0.2) is 18.2 Å². The number of aromatic hydroxyl groups is 1. The summed E-state index contributed by atoms with van der Waals surface area (Å²) in [6, 6.07) is 4.72. The van der Waals surface area contributed by atoms with E-state index in [1.807, 2.05) is 22.6 Å². The summed E-state index contributed by atoms with van der Waals surface area (Å²) in [5.41, 5.74) is 0. The van der Waals surface area contributed by atoms with Crippen LogP contribution >= 0.6 is 22.6 Å². The first kappa shape index (κ1) is 13.6. The average Bonchev–Trinajstić information content (AvgIpc) is 2.34. The molecule has 0 saturated heterocycles. The normalized spacial score (nSPS) is 23.7. The smallest absolute Gasteiger partial charge is 0.314 e. The molecule has 1 fully saturated rings. The van der Waals surface area contributed by atoms with Crippen LogP contribution in [-0.2, 0) is 4.79 Å². The van der Waals surface area contributed by atoms with Gasteiger partial charge in [-0.25, -0.2) is 0 Å². The van der Waals surface area contributed by atoms with Crippen LogP contribution in [0.25, 0.3) is 0 Å². The minimum atomic E-state index is -0.274. The van der Waals surface area contributed by atoms with Crippen LogP contribution in [0.3, 0.4) is 0 Å². The van der Waals surface area contributed by atoms with Crippen LogP contribution in [0.1, 0.15) is 25.7 Å². The number of halogens is 1. The van der Waals surface area contributed by atoms with Crippen molar-refractivity contribution in [3.8, 4) is 11.5 Å². The van der Waals surface area contributed by atoms with Crippen LogP contribution < -0.4 is 4.74 Å². The van der Waals surface area contributed by atoms with E-state index in [0.29, 0.717) is 35.0 Å². The Morgan fingerprint density at radius 3 is 2.56 bits per heavy atom. The molecule has 1 aromatic rings. The van der Waals surface area contributed by atoms with Gasteiger partial charge in [0.15, 0.2) is 0 Å². The van der Waals surface area contributed by atoms with E-state index in [-0.39, 0.29) is 23.7 Å². The lowest BCUT2D eigenvalue weighted by Gasteiger charge is -2.23. The Balaban J connectivity index is 1.96. The summed E-state index contributed by atoms with van der Waals surface area (Å²) >= 11 is 1.98. The van der Waals surface area contributed by atoms with Gasteiger partial charge < -0.3 is 14.9 Å². The van der Waals surface area contributed by atoms with Gasteiger partial charge in [-0.2, -0.15) is 0 Å². The second-order valence-electron chi connectivity index (χ2n) is 4.54. The molecule has 18 heavy (non-hydrogen) atoms. The lowest BCUT2D eigenvalue weighted by atomic mass is 9.87. The molecular formula is C13H15IO4. The van der Waals surface area contributed by atoms with Crippen LogP contribution in [0.4, 0.5) is 0 Å². The van der Waals surface area contributed by atoms with Gasteiger partial charge >= 0.3 is 5.97 Å². The molecule has 2 rings (SSSR count). The van der Waals surface area contributed by atoms with Gasteiger partial charge in [-0.05, 0) is 66.5 Å². The van der Waals surface area contributed by atoms with Crippen molar-refractivity contribution in [3.63, 3.8) is 0 Å². The Morgan fingerprint density at radius 1 is 1.28 bits per heavy atom. The van der Waals surface area contributed by atoms with Gasteiger partial charge in [0.2, 0.25) is 0 Å². The first-order valence-electron chi connectivity index (χ1n) is 5.94. The topological polar surface area (TPSA) is 66.8 Å². The molecule has 2 N–H and O–H groups in total. The summed E-state index contributed by atoms with van der Waals surface area (Å²) in [6.45, 7) is 0. The number of esters is 1. The Labute approximate surface area is 119 Å². The minimum absolute atomic E-state index is 0.125. The summed E-state index contributed by atoms with van der Waals surface area (Å²) in [5, 5.41) is 18.8. The van der Waals surface area contributed by atoms with E-state index in [1.165, 1.54) is 6.07 Å². The number of ether oxygens (including phenoxy) is 1. The van der Waals surface area contributed by atoms with Crippen molar-refractivity contribution >= 4 is 28.6 Å². The monoisotopic (exact) mass is 362 g/mol. The molecule has 0 unspecified atom stereocenters. The van der Waals surface area contributed by atoms with Crippen molar-refractivity contribution in [2.24, 2.45) is 5.92 Å². The van der Waals surface area contributed by atoms with E-state index in [4.69, 9.17) is 4.74 Å². The zero-order valence-electron chi connectivity index (χ0n) is 9.80. The summed E-state index contributed by atoms with van der Waals surface area (Å²) in [4.78, 5) is 11.9. The van der Waals surface area contributed by atoms with E-state index < -0.39 is 0 Å². The molecule has 0 radical (unpaired) electrons. The molecule has 0 aromatic heterocycles. The fourth-order valence-corrected chi connectivity index (χ4v) is 2.55. The zero-order valence-corrected chi connectivity index (χ0v) is 12.0. The van der Waals surface area contributed by atoms with Crippen molar-refractivity contribution in [1.29, 1.82) is 0 Å². The number of aliphatic hydroxyl groups is 1. The van der Waals surface area contributed by atoms with Crippen molar-refractivity contribution in [2.75, 3.05) is 0 Å². The molecule has 0 amide bonds. The molecule has 0 atom stereocenters. The quantitative estimate of drug-likeness (QED) is 0.482. The highest BCUT2D eigenvalue weighted by Crippen LogP contribution is 2.28. The highest BCUT2D eigenvalue weighted by Gasteiger charge is 2.26. The summed E-state index contributed by atoms with van der Waals surface area (Å²) in [5.74, 6) is 0.257. The highest BCUT2D eigenvalue weighted by molar-refractivity contribution is 14.1. The number of phenols is 1. The first-order valence-corrected chi connectivity index (χ1v) is 7.02. The third kappa shape index (κ3) is 3.35. The van der Waals surface area contributed by atoms with Crippen molar-refractivity contribution in [2.45, 2.75) is 31.8 Å². The SMILES string of the molecule is O=C(Oc1ccc(O)c(I)c1)C1CCC(O)CC1. The molecule has 1 aromatic carbocycles. The van der Waals surface area contributed by atoms with Crippen LogP contribution in [0, 0.1) is 9.49 Å². The van der Waals surface area contributed by atoms with Gasteiger partial charge in [0.1, 0.15) is 11.5 Å². The predicted octanol–water partition coefficient (Wildman–Crippen LogP) is 2.45. The van der Waals surface area contributed by atoms with E-state index in [0.717, 1.165) is 0 Å². The number of benzene rings is 1. The lowest BCUT2D eigenvalue weighted by Crippen LogP contribution is -2.27. The third-order valence-corrected chi connectivity index (χ3v) is 4.03. The van der Waals surface area contributed by atoms with Gasteiger partial charge in [-0.15, -0.1) is 0 Å². The van der Waals surface area contributed by atoms with Gasteiger partial charge in [0, 0.05) is 0 Å². The molecule has 5 heteroatoms. The Hall–Kier alpha value is -0.820. The van der Waals surface area contributed by atoms with Gasteiger partial charge in [0.05, 0.1) is 15.6 Å². The summed E-state index contributed by atoms with van der Waals surface area (Å²) in [7, 11) is 0. The molecule has 1 saturated carbocycles. The van der Waals surface area contributed by atoms with Gasteiger partial charge in [-0.1, -0.05) is 0 Å². The Morgan fingerprint density at radius 2 is 1.94 bits per heavy atom. The number of hydrogen-bond donors (Lipinski definition) is 2. The fraction of sp³-hybridized carbons (Fsp3) is 0.462. The molecule has 0 aliphatic heterocycles. The van der Waals surface area contributed by atoms with Gasteiger partial charge in [0.25, 0.3) is 0 Å². The van der Waals surface area contributed by atoms with Gasteiger partial charge in [-0.3, -0.25) is 4.79 Å². The fourth-order valence-electron chi connectivity index (χ4n) is 2.06. The first-order chi connectivity index (χ1) is 8.56. The number of aliphatic hydroxyl groups excluding tert-OH is 1. The Kier molecular flexibility index (Phi) is 4.45. The molecule has 0 heterocycles. The number of hydrogen-bond acceptors (Lipinski definition) is 4. The van der Waals surface area contributed by atoms with E-state index >= 15 is 0 Å². The van der Waals surface area contributed by atoms with Crippen molar-refractivity contribution in [1.82, 2.24) is 0 Å². The van der Waals surface area contributed by atoms with Crippen LogP contribution in [-0.4, -0.2) is 22.3 Å². The average molecular weight is 362 g/mol. The second-order valence-corrected chi connectivity index (χ2v) is 5.70. The highest BCUT2D eigenvalue weighted by atomic mass is 127. The van der Waals surface area contributed by atoms with E-state index in [1.54, 1.807) is 12.1 Å². The minimum Gasteiger partial charge on any atom is -0.507 e. The van der Waals surface area contributed by atoms with Crippen LogP contribution in [0.2, 0.25) is 0 Å². The lowest BCUT2D eigenvalue weighted by molar-refractivity contribution is -0.140. The second kappa shape index (κ2) is 5.88. The number of carbonyl (C=O) groups is 1. The molecule has 0 spiro atoms. The molecule has 1 aliphatic rings. The maximum Gasteiger partial charge on any atom is 0.314 e. The van der Waals surface area contributed by atoms with Crippen molar-refractivity contribution < 1.29 is 19.7 Å². The van der Waals surface area contributed by atoms with E-state index in [9.17, 15) is 15.0 Å². The predicted molar refractivity (Wildman–Crippen MR) is 74.4 cm³/mol. The Bertz CT molecular complexity index is 439. The molecular weight excluding hydrogens is 347 g/mol. The molecule has 4 nitrogen and oxygen atoms in total. The number of carbonyl (C=O) groups excluding carboxylic acids is 1. The summed E-state index contributed by atoms with van der Waals surface area (Å²) < 4.78 is 5.94. The van der Waals surface area contributed by atoms with Crippen molar-refractivity contribution in [3.05, 3.63) is 21.8 Å². The van der Waals surface area contributed by atoms with Crippen LogP contribution in [0.5, 0.6) is 11.5 Å². The standard InChI is InChI=1S/C13H15IO4/c14-11-7-10(5-6-12(11)16)18-13(17)8-1-3-9(15)4-2-8/h5-9,15-16H,1-4H2. The number of phenolic OH excluding ortho intramolecular Hbond substituents is 1. The largest absolute Gasteiger partial charge is 0.507 e. The third-order valence-electron chi connectivity index (χ3n) is 3.17. The molecule has 0 bridgehead atoms. The number of rotatable bonds is 2. The maximum absolute atomic E-state index is 11.9. The molecule has 1 aliphatic carbocycles. The zero-order chi connectivity index (χ0) is 13.1. The van der Waals surface area contributed by atoms with E-state index in [2.05, 4.69) is 0 Å². The molecule has 98 valence electrons.